The molecular formula is C23H25N7O2. The summed E-state index contributed by atoms with van der Waals surface area (Å²) in [6.07, 6.45) is 1.81. The molecule has 5 rings (SSSR count). The number of nitrogens with one attached hydrogen (secondary N) is 1. The first-order chi connectivity index (χ1) is 15.4. The Hall–Kier alpha value is -3.75. The second-order valence-electron chi connectivity index (χ2n) is 8.42. The summed E-state index contributed by atoms with van der Waals surface area (Å²) in [4.78, 5) is 44.7. The lowest BCUT2D eigenvalue weighted by Crippen LogP contribution is -2.48. The molecule has 1 fully saturated rings. The monoisotopic (exact) mass is 431 g/mol. The van der Waals surface area contributed by atoms with E-state index in [9.17, 15) is 9.59 Å². The molecule has 32 heavy (non-hydrogen) atoms. The number of aromatic nitrogens is 3. The third kappa shape index (κ3) is 3.39. The normalized spacial score (nSPS) is 16.0. The molecule has 0 spiro atoms. The van der Waals surface area contributed by atoms with Crippen LogP contribution < -0.4 is 15.1 Å². The van der Waals surface area contributed by atoms with Crippen molar-refractivity contribution in [2.45, 2.75) is 26.4 Å². The van der Waals surface area contributed by atoms with Crippen LogP contribution in [0.3, 0.4) is 0 Å². The maximum Gasteiger partial charge on any atom is 0.273 e. The van der Waals surface area contributed by atoms with Crippen LogP contribution in [0.1, 0.15) is 29.9 Å². The molecule has 0 saturated carbocycles. The summed E-state index contributed by atoms with van der Waals surface area (Å²) in [5.74, 6) is 0.869. The molecule has 0 unspecified atom stereocenters. The molecular weight excluding hydrogens is 406 g/mol. The number of carbonyl (C=O) groups excluding carboxylic acids is 2. The van der Waals surface area contributed by atoms with Crippen LogP contribution in [0, 0.1) is 0 Å². The molecule has 9 heteroatoms. The van der Waals surface area contributed by atoms with Gasteiger partial charge in [-0.2, -0.15) is 4.98 Å². The van der Waals surface area contributed by atoms with E-state index in [1.807, 2.05) is 61.2 Å². The van der Waals surface area contributed by atoms with Gasteiger partial charge in [-0.3, -0.25) is 14.6 Å². The van der Waals surface area contributed by atoms with Crippen LogP contribution in [0.2, 0.25) is 0 Å². The minimum atomic E-state index is -0.105. The lowest BCUT2D eigenvalue weighted by atomic mass is 10.2. The molecule has 0 radical (unpaired) electrons. The number of carbonyl (C=O) groups is 2. The zero-order chi connectivity index (χ0) is 22.4. The van der Waals surface area contributed by atoms with Crippen molar-refractivity contribution in [1.82, 2.24) is 25.2 Å². The fourth-order valence-electron chi connectivity index (χ4n) is 4.17. The van der Waals surface area contributed by atoms with E-state index in [-0.39, 0.29) is 24.4 Å². The molecule has 2 amide bonds. The Labute approximate surface area is 186 Å². The van der Waals surface area contributed by atoms with E-state index in [0.29, 0.717) is 37.1 Å². The van der Waals surface area contributed by atoms with Crippen molar-refractivity contribution < 1.29 is 9.59 Å². The Morgan fingerprint density at radius 3 is 2.72 bits per heavy atom. The topological polar surface area (TPSA) is 94.6 Å². The molecule has 3 aromatic rings. The zero-order valence-electron chi connectivity index (χ0n) is 18.4. The summed E-state index contributed by atoms with van der Waals surface area (Å²) < 4.78 is 0. The van der Waals surface area contributed by atoms with Crippen molar-refractivity contribution in [2.75, 3.05) is 36.5 Å². The number of para-hydroxylation sites is 1. The van der Waals surface area contributed by atoms with E-state index < -0.39 is 0 Å². The fraction of sp³-hybridized carbons (Fsp3) is 0.348. The van der Waals surface area contributed by atoms with E-state index in [4.69, 9.17) is 4.98 Å². The van der Waals surface area contributed by atoms with Gasteiger partial charge in [-0.05, 0) is 26.0 Å². The summed E-state index contributed by atoms with van der Waals surface area (Å²) in [5, 5.41) is 3.84. The van der Waals surface area contributed by atoms with Crippen molar-refractivity contribution in [3.05, 3.63) is 47.8 Å². The van der Waals surface area contributed by atoms with E-state index in [1.165, 1.54) is 0 Å². The molecule has 2 aliphatic rings. The number of amides is 2. The number of anilines is 3. The third-order valence-electron chi connectivity index (χ3n) is 5.99. The first-order valence-electron chi connectivity index (χ1n) is 10.7. The lowest BCUT2D eigenvalue weighted by Gasteiger charge is -2.28. The van der Waals surface area contributed by atoms with Crippen LogP contribution in [-0.4, -0.2) is 64.4 Å². The maximum absolute atomic E-state index is 13.1. The second-order valence-corrected chi connectivity index (χ2v) is 8.42. The molecule has 2 aliphatic heterocycles. The lowest BCUT2D eigenvalue weighted by molar-refractivity contribution is -0.120. The maximum atomic E-state index is 13.1. The largest absolute Gasteiger partial charge is 0.353 e. The van der Waals surface area contributed by atoms with Gasteiger partial charge in [-0.15, -0.1) is 0 Å². The number of benzene rings is 1. The molecule has 9 nitrogen and oxygen atoms in total. The van der Waals surface area contributed by atoms with E-state index in [0.717, 1.165) is 22.2 Å². The Bertz CT molecular complexity index is 1230. The van der Waals surface area contributed by atoms with Crippen LogP contribution >= 0.6 is 0 Å². The Balaban J connectivity index is 1.62. The number of hydrogen-bond donors (Lipinski definition) is 1. The second kappa shape index (κ2) is 7.74. The van der Waals surface area contributed by atoms with Crippen molar-refractivity contribution >= 4 is 40.2 Å². The molecule has 0 atom stereocenters. The Kier molecular flexibility index (Phi) is 4.88. The molecule has 1 N–H and O–H groups in total. The van der Waals surface area contributed by atoms with E-state index >= 15 is 0 Å². The van der Waals surface area contributed by atoms with Crippen LogP contribution in [-0.2, 0) is 11.3 Å². The van der Waals surface area contributed by atoms with Gasteiger partial charge in [0.1, 0.15) is 11.5 Å². The Morgan fingerprint density at radius 2 is 1.94 bits per heavy atom. The van der Waals surface area contributed by atoms with Crippen molar-refractivity contribution in [3.63, 3.8) is 0 Å². The summed E-state index contributed by atoms with van der Waals surface area (Å²) in [6, 6.07) is 10.0. The van der Waals surface area contributed by atoms with Gasteiger partial charge in [0.15, 0.2) is 0 Å². The van der Waals surface area contributed by atoms with Gasteiger partial charge in [-0.1, -0.05) is 18.2 Å². The summed E-state index contributed by atoms with van der Waals surface area (Å²) in [6.45, 7) is 5.71. The quantitative estimate of drug-likeness (QED) is 0.676. The summed E-state index contributed by atoms with van der Waals surface area (Å²) in [7, 11) is 1.92. The number of piperazine rings is 1. The molecule has 0 aliphatic carbocycles. The van der Waals surface area contributed by atoms with Gasteiger partial charge in [0.2, 0.25) is 11.9 Å². The zero-order valence-corrected chi connectivity index (χ0v) is 18.4. The van der Waals surface area contributed by atoms with E-state index in [2.05, 4.69) is 21.4 Å². The molecule has 164 valence electrons. The van der Waals surface area contributed by atoms with Crippen molar-refractivity contribution in [2.24, 2.45) is 0 Å². The number of rotatable bonds is 4. The van der Waals surface area contributed by atoms with Gasteiger partial charge >= 0.3 is 0 Å². The minimum absolute atomic E-state index is 0.0430. The smallest absolute Gasteiger partial charge is 0.273 e. The predicted molar refractivity (Wildman–Crippen MR) is 122 cm³/mol. The summed E-state index contributed by atoms with van der Waals surface area (Å²) >= 11 is 0. The number of nitrogens with zero attached hydrogens (tertiary/aromatic N) is 6. The van der Waals surface area contributed by atoms with Gasteiger partial charge < -0.3 is 20.0 Å². The SMILES string of the molecule is CC(C)N1Cc2c(nc(N3CCNC(=O)C3)nc2N(C)c2cnc3ccccc3c2)C1=O. The molecule has 1 aromatic carbocycles. The molecule has 2 aromatic heterocycles. The predicted octanol–water partition coefficient (Wildman–Crippen LogP) is 2.09. The average Bonchev–Trinajstić information content (AvgIpc) is 3.14. The number of hydrogen-bond acceptors (Lipinski definition) is 7. The molecule has 0 bridgehead atoms. The van der Waals surface area contributed by atoms with Gasteiger partial charge in [-0.25, -0.2) is 4.98 Å². The van der Waals surface area contributed by atoms with Crippen LogP contribution in [0.15, 0.2) is 36.5 Å². The minimum Gasteiger partial charge on any atom is -0.353 e. The highest BCUT2D eigenvalue weighted by molar-refractivity contribution is 5.99. The van der Waals surface area contributed by atoms with Crippen LogP contribution in [0.25, 0.3) is 10.9 Å². The fourth-order valence-corrected chi connectivity index (χ4v) is 4.17. The third-order valence-corrected chi connectivity index (χ3v) is 5.99. The standard InChI is InChI=1S/C23H25N7O2/c1-14(2)30-12-17-20(22(30)32)26-23(29-9-8-24-19(31)13-29)27-21(17)28(3)16-10-15-6-4-5-7-18(15)25-11-16/h4-7,10-11,14H,8-9,12-13H2,1-3H3,(H,24,31). The first-order valence-corrected chi connectivity index (χ1v) is 10.7. The van der Waals surface area contributed by atoms with Gasteiger partial charge in [0.05, 0.1) is 30.5 Å². The van der Waals surface area contributed by atoms with E-state index in [1.54, 1.807) is 4.90 Å². The Morgan fingerprint density at radius 1 is 1.12 bits per heavy atom. The average molecular weight is 432 g/mol. The van der Waals surface area contributed by atoms with Crippen molar-refractivity contribution in [3.8, 4) is 0 Å². The molecule has 4 heterocycles. The van der Waals surface area contributed by atoms with Crippen LogP contribution in [0.4, 0.5) is 17.5 Å². The highest BCUT2D eigenvalue weighted by Crippen LogP contribution is 2.35. The van der Waals surface area contributed by atoms with Gasteiger partial charge in [0.25, 0.3) is 5.91 Å². The highest BCUT2D eigenvalue weighted by atomic mass is 16.2. The summed E-state index contributed by atoms with van der Waals surface area (Å²) in [5.41, 5.74) is 2.98. The van der Waals surface area contributed by atoms with Crippen molar-refractivity contribution in [1.29, 1.82) is 0 Å². The van der Waals surface area contributed by atoms with Gasteiger partial charge in [0, 0.05) is 37.1 Å². The molecule has 1 saturated heterocycles. The first kappa shape index (κ1) is 20.2. The van der Waals surface area contributed by atoms with Crippen LogP contribution in [0.5, 0.6) is 0 Å². The number of pyridine rings is 1. The highest BCUT2D eigenvalue weighted by Gasteiger charge is 2.36. The number of fused-ring (bicyclic) bond motifs is 2.